The number of carbonyl (C=O) groups is 1. The summed E-state index contributed by atoms with van der Waals surface area (Å²) in [6.07, 6.45) is 0. The molecule has 0 atom stereocenters. The first-order valence-electron chi connectivity index (χ1n) is 6.73. The smallest absolute Gasteiger partial charge is 0.261 e. The minimum Gasteiger partial charge on any atom is -0.493 e. The molecule has 3 N–H and O–H groups in total. The highest BCUT2D eigenvalue weighted by molar-refractivity contribution is 5.92. The predicted molar refractivity (Wildman–Crippen MR) is 81.3 cm³/mol. The standard InChI is InChI=1S/C16H18N2O3/c1-10(2)9-21-12-5-3-11(4-6-12)14-8-7-13(15(17)19)16(20)18-14/h3-8,10H,9H2,1-2H3,(H2,17,19)(H,18,20). The van der Waals surface area contributed by atoms with E-state index in [0.29, 0.717) is 18.2 Å². The van der Waals surface area contributed by atoms with E-state index in [1.54, 1.807) is 6.07 Å². The van der Waals surface area contributed by atoms with Crippen molar-refractivity contribution in [2.24, 2.45) is 11.7 Å². The lowest BCUT2D eigenvalue weighted by molar-refractivity contribution is 0.0999. The average Bonchev–Trinajstić information content (AvgIpc) is 2.45. The molecule has 5 heteroatoms. The van der Waals surface area contributed by atoms with Crippen LogP contribution >= 0.6 is 0 Å². The first-order valence-corrected chi connectivity index (χ1v) is 6.73. The quantitative estimate of drug-likeness (QED) is 0.883. The molecule has 0 aliphatic rings. The number of benzene rings is 1. The van der Waals surface area contributed by atoms with E-state index >= 15 is 0 Å². The maximum atomic E-state index is 11.7. The molecule has 0 saturated heterocycles. The highest BCUT2D eigenvalue weighted by atomic mass is 16.5. The van der Waals surface area contributed by atoms with Gasteiger partial charge in [0.2, 0.25) is 0 Å². The summed E-state index contributed by atoms with van der Waals surface area (Å²) < 4.78 is 5.60. The first-order chi connectivity index (χ1) is 9.97. The fourth-order valence-corrected chi connectivity index (χ4v) is 1.83. The van der Waals surface area contributed by atoms with Crippen molar-refractivity contribution in [3.63, 3.8) is 0 Å². The molecule has 0 aliphatic heterocycles. The Bertz CT molecular complexity index is 687. The van der Waals surface area contributed by atoms with Crippen molar-refractivity contribution in [2.75, 3.05) is 6.61 Å². The molecule has 2 rings (SSSR count). The molecule has 110 valence electrons. The second-order valence-electron chi connectivity index (χ2n) is 5.21. The summed E-state index contributed by atoms with van der Waals surface area (Å²) in [6, 6.07) is 10.5. The van der Waals surface area contributed by atoms with Gasteiger partial charge in [0, 0.05) is 5.69 Å². The lowest BCUT2D eigenvalue weighted by Gasteiger charge is -2.09. The molecule has 0 unspecified atom stereocenters. The van der Waals surface area contributed by atoms with Gasteiger partial charge in [-0.15, -0.1) is 0 Å². The molecule has 0 fully saturated rings. The molecule has 1 amide bonds. The molecule has 2 aromatic rings. The number of hydrogen-bond acceptors (Lipinski definition) is 3. The molecular formula is C16H18N2O3. The van der Waals surface area contributed by atoms with Gasteiger partial charge in [-0.3, -0.25) is 9.59 Å². The van der Waals surface area contributed by atoms with E-state index in [1.165, 1.54) is 6.07 Å². The van der Waals surface area contributed by atoms with Gasteiger partial charge in [0.15, 0.2) is 0 Å². The third-order valence-corrected chi connectivity index (χ3v) is 2.92. The Kier molecular flexibility index (Phi) is 4.42. The number of H-pyrrole nitrogens is 1. The summed E-state index contributed by atoms with van der Waals surface area (Å²) in [7, 11) is 0. The van der Waals surface area contributed by atoms with Crippen molar-refractivity contribution in [1.82, 2.24) is 4.98 Å². The van der Waals surface area contributed by atoms with Crippen molar-refractivity contribution in [3.05, 3.63) is 52.3 Å². The molecule has 0 radical (unpaired) electrons. The summed E-state index contributed by atoms with van der Waals surface area (Å²) >= 11 is 0. The van der Waals surface area contributed by atoms with Crippen LogP contribution in [0.1, 0.15) is 24.2 Å². The average molecular weight is 286 g/mol. The number of primary amides is 1. The van der Waals surface area contributed by atoms with Crippen LogP contribution < -0.4 is 16.0 Å². The SMILES string of the molecule is CC(C)COc1ccc(-c2ccc(C(N)=O)c(=O)[nH]2)cc1. The minimum absolute atomic E-state index is 0.0457. The largest absolute Gasteiger partial charge is 0.493 e. The Balaban J connectivity index is 2.21. The van der Waals surface area contributed by atoms with E-state index in [0.717, 1.165) is 11.3 Å². The van der Waals surface area contributed by atoms with Crippen molar-refractivity contribution in [1.29, 1.82) is 0 Å². The number of rotatable bonds is 5. The Morgan fingerprint density at radius 1 is 1.19 bits per heavy atom. The molecule has 0 aliphatic carbocycles. The maximum Gasteiger partial charge on any atom is 0.261 e. The summed E-state index contributed by atoms with van der Waals surface area (Å²) in [5.74, 6) is 0.506. The highest BCUT2D eigenvalue weighted by Crippen LogP contribution is 2.20. The summed E-state index contributed by atoms with van der Waals surface area (Å²) in [4.78, 5) is 25.4. The van der Waals surface area contributed by atoms with Crippen molar-refractivity contribution in [2.45, 2.75) is 13.8 Å². The van der Waals surface area contributed by atoms with Gasteiger partial charge in [-0.2, -0.15) is 0 Å². The van der Waals surface area contributed by atoms with Gasteiger partial charge < -0.3 is 15.5 Å². The Labute approximate surface area is 122 Å². The molecule has 0 spiro atoms. The number of carbonyl (C=O) groups excluding carboxylic acids is 1. The number of aromatic nitrogens is 1. The second kappa shape index (κ2) is 6.26. The zero-order valence-corrected chi connectivity index (χ0v) is 12.1. The predicted octanol–water partition coefficient (Wildman–Crippen LogP) is 2.18. The van der Waals surface area contributed by atoms with Crippen LogP contribution in [0.25, 0.3) is 11.3 Å². The van der Waals surface area contributed by atoms with E-state index in [2.05, 4.69) is 18.8 Å². The van der Waals surface area contributed by atoms with E-state index < -0.39 is 11.5 Å². The number of pyridine rings is 1. The lowest BCUT2D eigenvalue weighted by atomic mass is 10.1. The van der Waals surface area contributed by atoms with Crippen LogP contribution in [0.2, 0.25) is 0 Å². The van der Waals surface area contributed by atoms with Gasteiger partial charge in [0.1, 0.15) is 11.3 Å². The molecule has 1 aromatic carbocycles. The van der Waals surface area contributed by atoms with Gasteiger partial charge in [-0.25, -0.2) is 0 Å². The molecule has 1 aromatic heterocycles. The Morgan fingerprint density at radius 2 is 1.86 bits per heavy atom. The van der Waals surface area contributed by atoms with E-state index in [-0.39, 0.29) is 5.56 Å². The summed E-state index contributed by atoms with van der Waals surface area (Å²) in [6.45, 7) is 4.82. The summed E-state index contributed by atoms with van der Waals surface area (Å²) in [5.41, 5.74) is 6.03. The van der Waals surface area contributed by atoms with E-state index in [1.807, 2.05) is 24.3 Å². The number of hydrogen-bond donors (Lipinski definition) is 2. The van der Waals surface area contributed by atoms with Crippen LogP contribution in [0.3, 0.4) is 0 Å². The number of aromatic amines is 1. The van der Waals surface area contributed by atoms with Gasteiger partial charge in [-0.1, -0.05) is 13.8 Å². The zero-order valence-electron chi connectivity index (χ0n) is 12.1. The molecule has 0 bridgehead atoms. The van der Waals surface area contributed by atoms with Crippen LogP contribution in [0.5, 0.6) is 5.75 Å². The van der Waals surface area contributed by atoms with Crippen LogP contribution in [0.4, 0.5) is 0 Å². The van der Waals surface area contributed by atoms with Gasteiger partial charge in [0.05, 0.1) is 6.61 Å². The normalized spacial score (nSPS) is 10.6. The van der Waals surface area contributed by atoms with E-state index in [9.17, 15) is 9.59 Å². The number of nitrogens with one attached hydrogen (secondary N) is 1. The zero-order chi connectivity index (χ0) is 15.4. The highest BCUT2D eigenvalue weighted by Gasteiger charge is 2.07. The number of ether oxygens (including phenoxy) is 1. The molecule has 5 nitrogen and oxygen atoms in total. The Hall–Kier alpha value is -2.56. The minimum atomic E-state index is -0.736. The Morgan fingerprint density at radius 3 is 2.38 bits per heavy atom. The van der Waals surface area contributed by atoms with Crippen LogP contribution in [-0.2, 0) is 0 Å². The first kappa shape index (κ1) is 14.8. The number of amides is 1. The van der Waals surface area contributed by atoms with Gasteiger partial charge in [0.25, 0.3) is 11.5 Å². The molecule has 1 heterocycles. The molecular weight excluding hydrogens is 268 g/mol. The third kappa shape index (κ3) is 3.72. The van der Waals surface area contributed by atoms with Crippen LogP contribution in [-0.4, -0.2) is 17.5 Å². The van der Waals surface area contributed by atoms with Gasteiger partial charge >= 0.3 is 0 Å². The molecule has 21 heavy (non-hydrogen) atoms. The fourth-order valence-electron chi connectivity index (χ4n) is 1.83. The third-order valence-electron chi connectivity index (χ3n) is 2.92. The second-order valence-corrected chi connectivity index (χ2v) is 5.21. The van der Waals surface area contributed by atoms with Crippen molar-refractivity contribution < 1.29 is 9.53 Å². The number of nitrogens with two attached hydrogens (primary N) is 1. The van der Waals surface area contributed by atoms with Crippen molar-refractivity contribution in [3.8, 4) is 17.0 Å². The monoisotopic (exact) mass is 286 g/mol. The molecule has 0 saturated carbocycles. The topological polar surface area (TPSA) is 85.2 Å². The fraction of sp³-hybridized carbons (Fsp3) is 0.250. The van der Waals surface area contributed by atoms with Crippen LogP contribution in [0.15, 0.2) is 41.2 Å². The van der Waals surface area contributed by atoms with Crippen LogP contribution in [0, 0.1) is 5.92 Å². The van der Waals surface area contributed by atoms with Crippen molar-refractivity contribution >= 4 is 5.91 Å². The van der Waals surface area contributed by atoms with Gasteiger partial charge in [-0.05, 0) is 47.9 Å². The summed E-state index contributed by atoms with van der Waals surface area (Å²) in [5, 5.41) is 0. The van der Waals surface area contributed by atoms with E-state index in [4.69, 9.17) is 10.5 Å². The lowest BCUT2D eigenvalue weighted by Crippen LogP contribution is -2.23. The maximum absolute atomic E-state index is 11.7.